The molecule has 0 bridgehead atoms. The molecule has 12 aromatic carbocycles. The first-order chi connectivity index (χ1) is 40.6. The number of hydrogen-bond acceptors (Lipinski definition) is 0. The van der Waals surface area contributed by atoms with Crippen molar-refractivity contribution in [3.8, 4) is 34.1 Å². The van der Waals surface area contributed by atoms with Crippen molar-refractivity contribution in [2.75, 3.05) is 12.3 Å². The van der Waals surface area contributed by atoms with E-state index in [2.05, 4.69) is 327 Å². The van der Waals surface area contributed by atoms with Gasteiger partial charge in [-0.05, 0) is 112 Å². The molecule has 0 saturated carbocycles. The molecule has 2 aliphatic rings. The number of hydrogen-bond donors (Lipinski definition) is 0. The minimum Gasteiger partial charge on any atom is -0.366 e. The second-order valence-electron chi connectivity index (χ2n) is 20.7. The molecule has 2 aliphatic heterocycles. The summed E-state index contributed by atoms with van der Waals surface area (Å²) < 4.78 is 0. The zero-order chi connectivity index (χ0) is 55.6. The van der Waals surface area contributed by atoms with Crippen LogP contribution in [0.25, 0.3) is 22.3 Å². The first-order valence-corrected chi connectivity index (χ1v) is 35.5. The number of benzene rings is 12. The molecule has 0 amide bonds. The van der Waals surface area contributed by atoms with Gasteiger partial charge in [-0.25, -0.2) is 0 Å². The van der Waals surface area contributed by atoms with E-state index < -0.39 is 32.0 Å². The molecule has 0 unspecified atom stereocenters. The Morgan fingerprint density at radius 1 is 0.250 bits per heavy atom. The third-order valence-corrected chi connectivity index (χ3v) is 32.2. The second kappa shape index (κ2) is 27.9. The summed E-state index contributed by atoms with van der Waals surface area (Å²) in [5.74, 6) is 5.12. The van der Waals surface area contributed by atoms with Crippen LogP contribution in [0.5, 0.6) is 0 Å². The fourth-order valence-electron chi connectivity index (χ4n) is 12.8. The summed E-state index contributed by atoms with van der Waals surface area (Å²) in [7, 11) is -6.27. The Morgan fingerprint density at radius 3 is 0.738 bits per heavy atom. The molecule has 0 spiro atoms. The third kappa shape index (κ3) is 11.7. The molecule has 14 rings (SSSR count). The maximum atomic E-state index is 7.58. The van der Waals surface area contributed by atoms with Gasteiger partial charge in [0.15, 0.2) is 16.1 Å². The van der Waals surface area contributed by atoms with Crippen LogP contribution in [0.1, 0.15) is 11.1 Å². The normalized spacial score (nSPS) is 12.3. The Morgan fingerprint density at radius 2 is 0.476 bits per heavy atom. The Hall–Kier alpha value is -7.47. The fraction of sp³-hybridized carbons (Fsp3) is 0.0256. The van der Waals surface area contributed by atoms with Crippen LogP contribution in [0.4, 0.5) is 0 Å². The number of rotatable bonds is 11. The van der Waals surface area contributed by atoms with E-state index in [1.54, 1.807) is 0 Å². The summed E-state index contributed by atoms with van der Waals surface area (Å²) in [6.45, 7) is 0. The van der Waals surface area contributed by atoms with Gasteiger partial charge in [-0.3, -0.25) is 11.8 Å². The van der Waals surface area contributed by atoms with Crippen molar-refractivity contribution in [2.24, 2.45) is 0 Å². The average molecular weight is 1510 g/mol. The molecule has 6 heteroatoms. The molecule has 0 fully saturated rings. The molecular formula is C78H60Au2P2Si2+2. The zero-order valence-corrected chi connectivity index (χ0v) is 54.5. The van der Waals surface area contributed by atoms with Crippen molar-refractivity contribution >= 4 is 94.7 Å². The first-order valence-electron chi connectivity index (χ1n) is 28.1. The third-order valence-electron chi connectivity index (χ3n) is 16.3. The quantitative estimate of drug-likeness (QED) is 0.0524. The predicted octanol–water partition coefficient (Wildman–Crippen LogP) is 10.7. The van der Waals surface area contributed by atoms with Crippen molar-refractivity contribution in [3.05, 3.63) is 352 Å². The molecule has 0 saturated heterocycles. The van der Waals surface area contributed by atoms with Crippen LogP contribution in [0.2, 0.25) is 0 Å². The molecule has 2 heterocycles. The molecule has 12 aromatic rings. The van der Waals surface area contributed by atoms with Crippen molar-refractivity contribution < 1.29 is 44.8 Å². The monoisotopic (exact) mass is 1510 g/mol. The van der Waals surface area contributed by atoms with Gasteiger partial charge in [0, 0.05) is 0 Å². The van der Waals surface area contributed by atoms with Gasteiger partial charge in [0.1, 0.15) is 12.3 Å². The van der Waals surface area contributed by atoms with Gasteiger partial charge in [-0.1, -0.05) is 255 Å². The summed E-state index contributed by atoms with van der Waals surface area (Å²) in [4.78, 5) is 0. The molecule has 0 N–H and O–H groups in total. The molecule has 0 aromatic heterocycles. The Bertz CT molecular complexity index is 3740. The van der Waals surface area contributed by atoms with E-state index in [1.165, 1.54) is 97.3 Å². The molecule has 0 nitrogen and oxygen atoms in total. The molecule has 410 valence electrons. The van der Waals surface area contributed by atoms with E-state index >= 15 is 0 Å². The second-order valence-corrected chi connectivity index (χ2v) is 33.4. The summed E-state index contributed by atoms with van der Waals surface area (Å²) >= 11 is 0. The molecular weight excluding hydrogens is 1450 g/mol. The average Bonchev–Trinajstić information content (AvgIpc) is 1.72. The van der Waals surface area contributed by atoms with Crippen molar-refractivity contribution in [2.45, 2.75) is 0 Å². The zero-order valence-electron chi connectivity index (χ0n) is 46.2. The SMILES string of the molecule is [Au+].[Au+].[C-]#Cc1ccc2c(c1)-c1ccccc1[Si]2(c1ccccc1)c1ccccc1.[C-]#Cc1ccc2c(c1)-c1ccccc1[Si]2(c1ccccc1)c1ccccc1.c1ccc([PH+](CC[PH+](c2ccccc2)c2ccccc2)c2ccccc2)cc1. The maximum absolute atomic E-state index is 7.58. The Balaban J connectivity index is 0.000000139. The van der Waals surface area contributed by atoms with Gasteiger partial charge in [0.2, 0.25) is 0 Å². The Kier molecular flexibility index (Phi) is 19.9. The van der Waals surface area contributed by atoms with Crippen LogP contribution in [0.3, 0.4) is 0 Å². The van der Waals surface area contributed by atoms with Crippen LogP contribution >= 0.6 is 15.8 Å². The minimum absolute atomic E-state index is 0. The van der Waals surface area contributed by atoms with Crippen LogP contribution < -0.4 is 62.7 Å². The molecule has 84 heavy (non-hydrogen) atoms. The topological polar surface area (TPSA) is 0 Å². The standard InChI is InChI=1S/C26H24P2.2C26H17Si.2Au/c1-5-13-23(14-6-1)27(24-15-7-2-8-16-24)21-22-28(25-17-9-3-10-18-25)26-19-11-4-12-20-26;2*1-2-20-17-18-26-24(19-20)23-15-9-10-16-25(23)27(26,21-11-5-3-6-12-21)22-13-7-4-8-14-22;;/h1-20H,21-22H2;2*3-19H;;/q;2*-1;2*+1/p+2. The smallest absolute Gasteiger partial charge is 0.366 e. The summed E-state index contributed by atoms with van der Waals surface area (Å²) in [5.41, 5.74) is 6.75. The Labute approximate surface area is 532 Å². The van der Waals surface area contributed by atoms with Gasteiger partial charge in [-0.15, -0.1) is 35.4 Å². The van der Waals surface area contributed by atoms with Crippen LogP contribution in [0.15, 0.2) is 328 Å². The van der Waals surface area contributed by atoms with Crippen molar-refractivity contribution in [1.82, 2.24) is 0 Å². The van der Waals surface area contributed by atoms with E-state index in [9.17, 15) is 0 Å². The van der Waals surface area contributed by atoms with Gasteiger partial charge < -0.3 is 12.8 Å². The largest absolute Gasteiger partial charge is 1.00 e. The predicted molar refractivity (Wildman–Crippen MR) is 361 cm³/mol. The van der Waals surface area contributed by atoms with Crippen LogP contribution in [0, 0.1) is 24.7 Å². The maximum Gasteiger partial charge on any atom is 1.00 e. The van der Waals surface area contributed by atoms with E-state index in [4.69, 9.17) is 12.8 Å². The molecule has 0 atom stereocenters. The first kappa shape index (κ1) is 59.7. The van der Waals surface area contributed by atoms with Crippen molar-refractivity contribution in [1.29, 1.82) is 0 Å². The van der Waals surface area contributed by atoms with E-state index in [0.29, 0.717) is 0 Å². The van der Waals surface area contributed by atoms with Crippen LogP contribution in [-0.4, -0.2) is 28.5 Å². The molecule has 0 radical (unpaired) electrons. The van der Waals surface area contributed by atoms with Gasteiger partial charge in [0.25, 0.3) is 0 Å². The van der Waals surface area contributed by atoms with Gasteiger partial charge in [0.05, 0.1) is 37.1 Å². The van der Waals surface area contributed by atoms with E-state index in [0.717, 1.165) is 11.1 Å². The van der Waals surface area contributed by atoms with Gasteiger partial charge in [-0.2, -0.15) is 0 Å². The van der Waals surface area contributed by atoms with Gasteiger partial charge >= 0.3 is 44.8 Å². The minimum atomic E-state index is -2.35. The summed E-state index contributed by atoms with van der Waals surface area (Å²) in [6.07, 6.45) is 17.7. The number of fused-ring (bicyclic) bond motifs is 6. The summed E-state index contributed by atoms with van der Waals surface area (Å²) in [5, 5.41) is 17.3. The van der Waals surface area contributed by atoms with E-state index in [-0.39, 0.29) is 44.8 Å². The van der Waals surface area contributed by atoms with Crippen molar-refractivity contribution in [3.63, 3.8) is 0 Å². The molecule has 0 aliphatic carbocycles. The van der Waals surface area contributed by atoms with Crippen LogP contribution in [-0.2, 0) is 44.8 Å². The fourth-order valence-corrected chi connectivity index (χ4v) is 29.3. The van der Waals surface area contributed by atoms with E-state index in [1.807, 2.05) is 12.1 Å². The summed E-state index contributed by atoms with van der Waals surface area (Å²) in [6, 6.07) is 119.